The van der Waals surface area contributed by atoms with Crippen LogP contribution in [0.1, 0.15) is 5.56 Å². The van der Waals surface area contributed by atoms with E-state index in [9.17, 15) is 0 Å². The Labute approximate surface area is 124 Å². The third-order valence-electron chi connectivity index (χ3n) is 2.39. The van der Waals surface area contributed by atoms with Gasteiger partial charge in [-0.1, -0.05) is 51.9 Å². The average molecular weight is 342 g/mol. The molecular weight excluding hydrogens is 332 g/mol. The summed E-state index contributed by atoms with van der Waals surface area (Å²) in [7, 11) is 0. The van der Waals surface area contributed by atoms with Gasteiger partial charge in [-0.2, -0.15) is 0 Å². The second-order valence-corrected chi connectivity index (χ2v) is 5.42. The number of hydrogen-bond donors (Lipinski definition) is 2. The smallest absolute Gasteiger partial charge is 0.106 e. The summed E-state index contributed by atoms with van der Waals surface area (Å²) in [5, 5.41) is 3.86. The first-order chi connectivity index (χ1) is 8.58. The SMILES string of the molecule is NC(=S)c1ccccc1Nc1ccc(Br)cc1Cl. The van der Waals surface area contributed by atoms with Crippen molar-refractivity contribution in [1.29, 1.82) is 0 Å². The van der Waals surface area contributed by atoms with Crippen molar-refractivity contribution in [1.82, 2.24) is 0 Å². The molecule has 0 aromatic heterocycles. The second kappa shape index (κ2) is 5.69. The van der Waals surface area contributed by atoms with Crippen molar-refractivity contribution in [3.05, 3.63) is 57.5 Å². The predicted molar refractivity (Wildman–Crippen MR) is 84.8 cm³/mol. The molecule has 0 atom stereocenters. The maximum Gasteiger partial charge on any atom is 0.106 e. The average Bonchev–Trinajstić information content (AvgIpc) is 2.33. The first kappa shape index (κ1) is 13.3. The van der Waals surface area contributed by atoms with Gasteiger partial charge in [0.25, 0.3) is 0 Å². The molecule has 2 aromatic rings. The van der Waals surface area contributed by atoms with Crippen LogP contribution in [0, 0.1) is 0 Å². The van der Waals surface area contributed by atoms with E-state index < -0.39 is 0 Å². The highest BCUT2D eigenvalue weighted by Gasteiger charge is 2.06. The van der Waals surface area contributed by atoms with Crippen molar-refractivity contribution in [2.45, 2.75) is 0 Å². The highest BCUT2D eigenvalue weighted by molar-refractivity contribution is 9.10. The summed E-state index contributed by atoms with van der Waals surface area (Å²) >= 11 is 14.5. The molecule has 0 spiro atoms. The standard InChI is InChI=1S/C13H10BrClN2S/c14-8-5-6-12(10(15)7-8)17-11-4-2-1-3-9(11)13(16)18/h1-7,17H,(H2,16,18). The molecule has 0 saturated carbocycles. The Kier molecular flexibility index (Phi) is 4.22. The topological polar surface area (TPSA) is 38.0 Å². The van der Waals surface area contributed by atoms with E-state index in [4.69, 9.17) is 29.6 Å². The Bertz CT molecular complexity index is 601. The molecule has 92 valence electrons. The number of rotatable bonds is 3. The van der Waals surface area contributed by atoms with E-state index in [1.807, 2.05) is 42.5 Å². The van der Waals surface area contributed by atoms with Crippen LogP contribution in [0.2, 0.25) is 5.02 Å². The summed E-state index contributed by atoms with van der Waals surface area (Å²) in [5.74, 6) is 0. The number of anilines is 2. The molecule has 18 heavy (non-hydrogen) atoms. The van der Waals surface area contributed by atoms with Crippen LogP contribution in [-0.2, 0) is 0 Å². The Morgan fingerprint density at radius 3 is 2.56 bits per heavy atom. The van der Waals surface area contributed by atoms with E-state index in [0.29, 0.717) is 10.0 Å². The highest BCUT2D eigenvalue weighted by atomic mass is 79.9. The molecule has 3 N–H and O–H groups in total. The van der Waals surface area contributed by atoms with Crippen LogP contribution >= 0.6 is 39.7 Å². The van der Waals surface area contributed by atoms with Gasteiger partial charge >= 0.3 is 0 Å². The molecule has 0 aliphatic rings. The zero-order valence-corrected chi connectivity index (χ0v) is 12.4. The summed E-state index contributed by atoms with van der Waals surface area (Å²) in [6, 6.07) is 13.2. The van der Waals surface area contributed by atoms with Gasteiger partial charge in [0, 0.05) is 15.7 Å². The summed E-state index contributed by atoms with van der Waals surface area (Å²) in [5.41, 5.74) is 8.13. The number of benzene rings is 2. The number of hydrogen-bond acceptors (Lipinski definition) is 2. The fourth-order valence-electron chi connectivity index (χ4n) is 1.54. The van der Waals surface area contributed by atoms with Gasteiger partial charge in [-0.05, 0) is 30.3 Å². The molecule has 0 fully saturated rings. The summed E-state index contributed by atoms with van der Waals surface area (Å²) in [4.78, 5) is 0.353. The minimum absolute atomic E-state index is 0.353. The lowest BCUT2D eigenvalue weighted by molar-refractivity contribution is 1.51. The van der Waals surface area contributed by atoms with Gasteiger partial charge < -0.3 is 11.1 Å². The van der Waals surface area contributed by atoms with Gasteiger partial charge in [0.1, 0.15) is 4.99 Å². The second-order valence-electron chi connectivity index (χ2n) is 3.66. The Balaban J connectivity index is 2.37. The lowest BCUT2D eigenvalue weighted by Gasteiger charge is -2.12. The lowest BCUT2D eigenvalue weighted by Crippen LogP contribution is -2.11. The van der Waals surface area contributed by atoms with Crippen LogP contribution in [-0.4, -0.2) is 4.99 Å². The number of para-hydroxylation sites is 1. The van der Waals surface area contributed by atoms with E-state index in [1.165, 1.54) is 0 Å². The van der Waals surface area contributed by atoms with Crippen molar-refractivity contribution in [3.63, 3.8) is 0 Å². The summed E-state index contributed by atoms with van der Waals surface area (Å²) < 4.78 is 0.931. The van der Waals surface area contributed by atoms with Crippen molar-refractivity contribution < 1.29 is 0 Å². The van der Waals surface area contributed by atoms with Gasteiger partial charge in [-0.3, -0.25) is 0 Å². The highest BCUT2D eigenvalue weighted by Crippen LogP contribution is 2.29. The molecule has 0 heterocycles. The van der Waals surface area contributed by atoms with Crippen molar-refractivity contribution in [2.75, 3.05) is 5.32 Å². The zero-order valence-electron chi connectivity index (χ0n) is 9.28. The largest absolute Gasteiger partial charge is 0.389 e. The minimum Gasteiger partial charge on any atom is -0.389 e. The summed E-state index contributed by atoms with van der Waals surface area (Å²) in [6.07, 6.45) is 0. The van der Waals surface area contributed by atoms with Crippen molar-refractivity contribution >= 4 is 56.1 Å². The maximum atomic E-state index is 6.15. The third-order valence-corrected chi connectivity index (χ3v) is 3.42. The predicted octanol–water partition coefficient (Wildman–Crippen LogP) is 4.48. The van der Waals surface area contributed by atoms with Crippen LogP contribution in [0.25, 0.3) is 0 Å². The number of nitrogens with two attached hydrogens (primary N) is 1. The first-order valence-electron chi connectivity index (χ1n) is 5.19. The van der Waals surface area contributed by atoms with Gasteiger partial charge in [-0.25, -0.2) is 0 Å². The van der Waals surface area contributed by atoms with Crippen LogP contribution in [0.3, 0.4) is 0 Å². The number of halogens is 2. The molecule has 5 heteroatoms. The van der Waals surface area contributed by atoms with Crippen LogP contribution < -0.4 is 11.1 Å². The molecule has 2 nitrogen and oxygen atoms in total. The van der Waals surface area contributed by atoms with Gasteiger partial charge in [0.15, 0.2) is 0 Å². The van der Waals surface area contributed by atoms with Crippen molar-refractivity contribution in [2.24, 2.45) is 5.73 Å². The maximum absolute atomic E-state index is 6.15. The number of nitrogens with one attached hydrogen (secondary N) is 1. The van der Waals surface area contributed by atoms with E-state index in [0.717, 1.165) is 21.4 Å². The molecule has 0 aliphatic heterocycles. The first-order valence-corrected chi connectivity index (χ1v) is 6.77. The molecule has 2 rings (SSSR count). The van der Waals surface area contributed by atoms with Gasteiger partial charge in [0.05, 0.1) is 10.7 Å². The monoisotopic (exact) mass is 340 g/mol. The molecule has 0 aliphatic carbocycles. The normalized spacial score (nSPS) is 10.1. The molecule has 0 saturated heterocycles. The van der Waals surface area contributed by atoms with E-state index in [1.54, 1.807) is 0 Å². The minimum atomic E-state index is 0.353. The van der Waals surface area contributed by atoms with Crippen LogP contribution in [0.5, 0.6) is 0 Å². The molecule has 2 aromatic carbocycles. The van der Waals surface area contributed by atoms with Gasteiger partial charge in [0.2, 0.25) is 0 Å². The van der Waals surface area contributed by atoms with E-state index in [2.05, 4.69) is 21.2 Å². The van der Waals surface area contributed by atoms with Crippen LogP contribution in [0.15, 0.2) is 46.9 Å². The third kappa shape index (κ3) is 3.02. The molecule has 0 bridgehead atoms. The van der Waals surface area contributed by atoms with Crippen molar-refractivity contribution in [3.8, 4) is 0 Å². The fraction of sp³-hybridized carbons (Fsp3) is 0. The summed E-state index contributed by atoms with van der Waals surface area (Å²) in [6.45, 7) is 0. The molecule has 0 amide bonds. The van der Waals surface area contributed by atoms with Gasteiger partial charge in [-0.15, -0.1) is 0 Å². The molecule has 0 radical (unpaired) electrons. The Hall–Kier alpha value is -1.10. The van der Waals surface area contributed by atoms with E-state index in [-0.39, 0.29) is 0 Å². The molecule has 0 unspecified atom stereocenters. The lowest BCUT2D eigenvalue weighted by atomic mass is 10.1. The van der Waals surface area contributed by atoms with E-state index >= 15 is 0 Å². The Morgan fingerprint density at radius 1 is 1.17 bits per heavy atom. The van der Waals surface area contributed by atoms with Crippen LogP contribution in [0.4, 0.5) is 11.4 Å². The fourth-order valence-corrected chi connectivity index (χ4v) is 2.44. The zero-order chi connectivity index (χ0) is 13.1. The number of thiocarbonyl (C=S) groups is 1. The quantitative estimate of drug-likeness (QED) is 0.808. The molecular formula is C13H10BrClN2S. The Morgan fingerprint density at radius 2 is 1.89 bits per heavy atom.